The maximum Gasteiger partial charge on any atom is 0.221 e. The summed E-state index contributed by atoms with van der Waals surface area (Å²) in [6.07, 6.45) is 2.93. The van der Waals surface area contributed by atoms with E-state index in [1.165, 1.54) is 17.5 Å². The number of benzene rings is 1. The molecule has 1 N–H and O–H groups in total. The van der Waals surface area contributed by atoms with Crippen molar-refractivity contribution in [1.29, 1.82) is 0 Å². The molecule has 0 radical (unpaired) electrons. The molecule has 1 amide bonds. The Hall–Kier alpha value is -1.31. The number of fused-ring (bicyclic) bond motifs is 2. The number of carbonyl (C=O) groups excluding carboxylic acids is 1. The van der Waals surface area contributed by atoms with E-state index in [-0.39, 0.29) is 16.9 Å². The van der Waals surface area contributed by atoms with E-state index >= 15 is 0 Å². The van der Waals surface area contributed by atoms with Gasteiger partial charge >= 0.3 is 0 Å². The van der Waals surface area contributed by atoms with Gasteiger partial charge in [-0.25, -0.2) is 0 Å². The molecule has 1 spiro atoms. The van der Waals surface area contributed by atoms with Crippen LogP contribution in [0.3, 0.4) is 0 Å². The van der Waals surface area contributed by atoms with E-state index in [0.29, 0.717) is 12.3 Å². The molecule has 0 saturated carbocycles. The molecular weight excluding hydrogens is 222 g/mol. The van der Waals surface area contributed by atoms with E-state index in [9.17, 15) is 4.79 Å². The second-order valence-electron chi connectivity index (χ2n) is 6.46. The van der Waals surface area contributed by atoms with Gasteiger partial charge in [-0.05, 0) is 43.7 Å². The highest BCUT2D eigenvalue weighted by Crippen LogP contribution is 2.52. The minimum Gasteiger partial charge on any atom is -0.350 e. The fourth-order valence-corrected chi connectivity index (χ4v) is 3.96. The lowest BCUT2D eigenvalue weighted by Gasteiger charge is -2.46. The molecule has 2 unspecified atom stereocenters. The molecule has 0 aromatic heterocycles. The first-order valence-electron chi connectivity index (χ1n) is 6.87. The van der Waals surface area contributed by atoms with Gasteiger partial charge in [0.15, 0.2) is 0 Å². The molecule has 1 heterocycles. The largest absolute Gasteiger partial charge is 0.350 e. The van der Waals surface area contributed by atoms with E-state index < -0.39 is 0 Å². The number of hydrogen-bond acceptors (Lipinski definition) is 1. The summed E-state index contributed by atoms with van der Waals surface area (Å²) in [5.41, 5.74) is 2.69. The number of carbonyl (C=O) groups is 1. The molecule has 3 rings (SSSR count). The first kappa shape index (κ1) is 11.8. The average molecular weight is 243 g/mol. The Morgan fingerprint density at radius 1 is 1.28 bits per heavy atom. The summed E-state index contributed by atoms with van der Waals surface area (Å²) in [6.45, 7) is 6.64. The lowest BCUT2D eigenvalue weighted by atomic mass is 9.59. The standard InChI is InChI=1S/C16H21NO/c1-11-8-9-16(10-14(18)17-15(16,2)3)13-7-5-4-6-12(11)13/h4-7,11H,8-10H2,1-3H3,(H,17,18). The number of hydrogen-bond donors (Lipinski definition) is 1. The summed E-state index contributed by atoms with van der Waals surface area (Å²) >= 11 is 0. The van der Waals surface area contributed by atoms with Gasteiger partial charge in [-0.15, -0.1) is 0 Å². The van der Waals surface area contributed by atoms with Crippen molar-refractivity contribution >= 4 is 5.91 Å². The molecule has 1 aromatic carbocycles. The van der Waals surface area contributed by atoms with Crippen LogP contribution in [0.1, 0.15) is 57.1 Å². The second kappa shape index (κ2) is 3.59. The zero-order chi connectivity index (χ0) is 13.0. The van der Waals surface area contributed by atoms with Crippen molar-refractivity contribution < 1.29 is 4.79 Å². The molecule has 2 aliphatic rings. The Kier molecular flexibility index (Phi) is 2.35. The maximum atomic E-state index is 11.9. The van der Waals surface area contributed by atoms with Gasteiger partial charge in [0.05, 0.1) is 0 Å². The summed E-state index contributed by atoms with van der Waals surface area (Å²) in [4.78, 5) is 11.9. The summed E-state index contributed by atoms with van der Waals surface area (Å²) < 4.78 is 0. The van der Waals surface area contributed by atoms with Gasteiger partial charge in [0.2, 0.25) is 5.91 Å². The van der Waals surface area contributed by atoms with Gasteiger partial charge in [-0.2, -0.15) is 0 Å². The monoisotopic (exact) mass is 243 g/mol. The van der Waals surface area contributed by atoms with Gasteiger partial charge in [0.1, 0.15) is 0 Å². The Bertz CT molecular complexity index is 506. The molecule has 2 atom stereocenters. The quantitative estimate of drug-likeness (QED) is 0.745. The zero-order valence-corrected chi connectivity index (χ0v) is 11.4. The van der Waals surface area contributed by atoms with Crippen molar-refractivity contribution in [2.45, 2.75) is 56.9 Å². The van der Waals surface area contributed by atoms with Crippen LogP contribution in [0.2, 0.25) is 0 Å². The summed E-state index contributed by atoms with van der Waals surface area (Å²) in [7, 11) is 0. The van der Waals surface area contributed by atoms with Crippen molar-refractivity contribution in [1.82, 2.24) is 5.32 Å². The molecule has 18 heavy (non-hydrogen) atoms. The molecule has 2 heteroatoms. The topological polar surface area (TPSA) is 29.1 Å². The molecule has 1 aliphatic heterocycles. The summed E-state index contributed by atoms with van der Waals surface area (Å²) in [5.74, 6) is 0.808. The normalized spacial score (nSPS) is 33.3. The Morgan fingerprint density at radius 3 is 2.67 bits per heavy atom. The van der Waals surface area contributed by atoms with Crippen molar-refractivity contribution in [2.75, 3.05) is 0 Å². The minimum absolute atomic E-state index is 0.00676. The van der Waals surface area contributed by atoms with E-state index in [0.717, 1.165) is 6.42 Å². The zero-order valence-electron chi connectivity index (χ0n) is 11.4. The van der Waals surface area contributed by atoms with Gasteiger partial charge in [0, 0.05) is 17.4 Å². The molecule has 0 bridgehead atoms. The van der Waals surface area contributed by atoms with Gasteiger partial charge in [0.25, 0.3) is 0 Å². The lowest BCUT2D eigenvalue weighted by Crippen LogP contribution is -2.51. The fourth-order valence-electron chi connectivity index (χ4n) is 3.96. The SMILES string of the molecule is CC1CCC2(CC(=O)NC2(C)C)c2ccccc21. The van der Waals surface area contributed by atoms with Crippen LogP contribution in [-0.4, -0.2) is 11.4 Å². The Morgan fingerprint density at radius 2 is 2.00 bits per heavy atom. The predicted octanol–water partition coefficient (Wildman–Crippen LogP) is 3.12. The van der Waals surface area contributed by atoms with Crippen molar-refractivity contribution in [3.05, 3.63) is 35.4 Å². The number of nitrogens with one attached hydrogen (secondary N) is 1. The van der Waals surface area contributed by atoms with Crippen molar-refractivity contribution in [3.63, 3.8) is 0 Å². The third-order valence-electron chi connectivity index (χ3n) is 5.12. The predicted molar refractivity (Wildman–Crippen MR) is 72.6 cm³/mol. The van der Waals surface area contributed by atoms with Gasteiger partial charge in [-0.3, -0.25) is 4.79 Å². The summed E-state index contributed by atoms with van der Waals surface area (Å²) in [6, 6.07) is 8.69. The average Bonchev–Trinajstić information content (AvgIpc) is 2.55. The first-order chi connectivity index (χ1) is 8.46. The van der Waals surface area contributed by atoms with E-state index in [1.54, 1.807) is 0 Å². The van der Waals surface area contributed by atoms with E-state index in [2.05, 4.69) is 50.4 Å². The van der Waals surface area contributed by atoms with Crippen LogP contribution >= 0.6 is 0 Å². The van der Waals surface area contributed by atoms with Crippen LogP contribution in [0.5, 0.6) is 0 Å². The molecule has 1 fully saturated rings. The first-order valence-corrected chi connectivity index (χ1v) is 6.87. The van der Waals surface area contributed by atoms with E-state index in [4.69, 9.17) is 0 Å². The highest BCUT2D eigenvalue weighted by molar-refractivity contribution is 5.83. The molecular formula is C16H21NO. The third kappa shape index (κ3) is 1.38. The van der Waals surface area contributed by atoms with Crippen molar-refractivity contribution in [2.24, 2.45) is 0 Å². The third-order valence-corrected chi connectivity index (χ3v) is 5.12. The van der Waals surface area contributed by atoms with Crippen molar-refractivity contribution in [3.8, 4) is 0 Å². The van der Waals surface area contributed by atoms with Gasteiger partial charge < -0.3 is 5.32 Å². The lowest BCUT2D eigenvalue weighted by molar-refractivity contribution is -0.119. The Labute approximate surface area is 109 Å². The summed E-state index contributed by atoms with van der Waals surface area (Å²) in [5, 5.41) is 3.17. The smallest absolute Gasteiger partial charge is 0.221 e. The highest BCUT2D eigenvalue weighted by Gasteiger charge is 2.55. The second-order valence-corrected chi connectivity index (χ2v) is 6.46. The number of amides is 1. The molecule has 96 valence electrons. The van der Waals surface area contributed by atoms with E-state index in [1.807, 2.05) is 0 Å². The fraction of sp³-hybridized carbons (Fsp3) is 0.562. The number of rotatable bonds is 0. The molecule has 1 aliphatic carbocycles. The van der Waals surface area contributed by atoms with Crippen LogP contribution in [0.4, 0.5) is 0 Å². The van der Waals surface area contributed by atoms with Gasteiger partial charge in [-0.1, -0.05) is 31.2 Å². The van der Waals surface area contributed by atoms with Crippen LogP contribution in [0, 0.1) is 0 Å². The van der Waals surface area contributed by atoms with Crippen LogP contribution < -0.4 is 5.32 Å². The Balaban J connectivity index is 2.20. The minimum atomic E-state index is -0.139. The molecule has 2 nitrogen and oxygen atoms in total. The molecule has 1 saturated heterocycles. The molecule has 1 aromatic rings. The maximum absolute atomic E-state index is 11.9. The highest BCUT2D eigenvalue weighted by atomic mass is 16.2. The van der Waals surface area contributed by atoms with Crippen LogP contribution in [0.15, 0.2) is 24.3 Å². The van der Waals surface area contributed by atoms with Crippen LogP contribution in [-0.2, 0) is 10.2 Å². The van der Waals surface area contributed by atoms with Crippen LogP contribution in [0.25, 0.3) is 0 Å².